The molecule has 1 atom stereocenters. The van der Waals surface area contributed by atoms with Crippen molar-refractivity contribution < 1.29 is 9.59 Å². The normalized spacial score (nSPS) is 13.1. The van der Waals surface area contributed by atoms with Crippen molar-refractivity contribution in [1.82, 2.24) is 25.4 Å². The topological polar surface area (TPSA) is 88.9 Å². The predicted octanol–water partition coefficient (Wildman–Crippen LogP) is 3.88. The summed E-state index contributed by atoms with van der Waals surface area (Å²) in [7, 11) is 1.87. The fourth-order valence-corrected chi connectivity index (χ4v) is 3.40. The van der Waals surface area contributed by atoms with Gasteiger partial charge in [-0.1, -0.05) is 56.8 Å². The molecule has 0 radical (unpaired) electrons. The SMILES string of the molecule is C[C@H](Sc1nnc(-c2ccc(C(C)(C)C)cc2)n1C)C(=O)NC(=O)NC(C)(C)C. The minimum atomic E-state index is -0.507. The van der Waals surface area contributed by atoms with Crippen LogP contribution in [0.4, 0.5) is 4.79 Å². The fraction of sp³-hybridized carbons (Fsp3) is 0.524. The second-order valence-corrected chi connectivity index (χ2v) is 10.5. The van der Waals surface area contributed by atoms with Gasteiger partial charge < -0.3 is 9.88 Å². The summed E-state index contributed by atoms with van der Waals surface area (Å²) < 4.78 is 1.86. The molecule has 2 aromatic rings. The fourth-order valence-electron chi connectivity index (χ4n) is 2.59. The number of nitrogens with one attached hydrogen (secondary N) is 2. The molecule has 2 N–H and O–H groups in total. The standard InChI is InChI=1S/C21H31N5O2S/c1-13(17(27)22-18(28)23-21(5,6)7)29-19-25-24-16(26(19)8)14-9-11-15(12-10-14)20(2,3)4/h9-13H,1-8H3,(H2,22,23,27,28)/t13-/m0/s1. The highest BCUT2D eigenvalue weighted by Crippen LogP contribution is 2.28. The minimum Gasteiger partial charge on any atom is -0.333 e. The first-order valence-electron chi connectivity index (χ1n) is 9.58. The minimum absolute atomic E-state index is 0.0848. The van der Waals surface area contributed by atoms with Gasteiger partial charge >= 0.3 is 6.03 Å². The van der Waals surface area contributed by atoms with Crippen molar-refractivity contribution in [2.45, 2.75) is 69.8 Å². The number of carbonyl (C=O) groups is 2. The number of benzene rings is 1. The van der Waals surface area contributed by atoms with Gasteiger partial charge in [-0.3, -0.25) is 10.1 Å². The molecule has 1 heterocycles. The number of aromatic nitrogens is 3. The molecule has 8 heteroatoms. The van der Waals surface area contributed by atoms with E-state index in [1.165, 1.54) is 17.3 Å². The first-order chi connectivity index (χ1) is 13.3. The van der Waals surface area contributed by atoms with E-state index in [-0.39, 0.29) is 11.3 Å². The maximum atomic E-state index is 12.3. The molecular weight excluding hydrogens is 386 g/mol. The number of hydrogen-bond donors (Lipinski definition) is 2. The summed E-state index contributed by atoms with van der Waals surface area (Å²) in [6, 6.07) is 7.76. The van der Waals surface area contributed by atoms with Gasteiger partial charge in [0.25, 0.3) is 0 Å². The number of nitrogens with zero attached hydrogens (tertiary/aromatic N) is 3. The smallest absolute Gasteiger partial charge is 0.321 e. The zero-order valence-corrected chi connectivity index (χ0v) is 19.3. The van der Waals surface area contributed by atoms with Crippen molar-refractivity contribution >= 4 is 23.7 Å². The Bertz CT molecular complexity index is 876. The summed E-state index contributed by atoms with van der Waals surface area (Å²) in [6.07, 6.45) is 0. The van der Waals surface area contributed by atoms with Gasteiger partial charge in [-0.15, -0.1) is 10.2 Å². The van der Waals surface area contributed by atoms with Gasteiger partial charge in [0.15, 0.2) is 11.0 Å². The highest BCUT2D eigenvalue weighted by atomic mass is 32.2. The molecule has 2 rings (SSSR count). The Morgan fingerprint density at radius 2 is 1.62 bits per heavy atom. The molecule has 29 heavy (non-hydrogen) atoms. The van der Waals surface area contributed by atoms with Crippen molar-refractivity contribution in [1.29, 1.82) is 0 Å². The van der Waals surface area contributed by atoms with E-state index >= 15 is 0 Å². The molecule has 0 bridgehead atoms. The first-order valence-corrected chi connectivity index (χ1v) is 10.5. The second-order valence-electron chi connectivity index (χ2n) is 9.15. The van der Waals surface area contributed by atoms with Crippen LogP contribution in [0.2, 0.25) is 0 Å². The summed E-state index contributed by atoms with van der Waals surface area (Å²) >= 11 is 1.26. The summed E-state index contributed by atoms with van der Waals surface area (Å²) in [4.78, 5) is 24.2. The quantitative estimate of drug-likeness (QED) is 0.737. The Kier molecular flexibility index (Phi) is 6.78. The van der Waals surface area contributed by atoms with Gasteiger partial charge in [-0.05, 0) is 38.7 Å². The van der Waals surface area contributed by atoms with Gasteiger partial charge in [0.05, 0.1) is 5.25 Å². The summed E-state index contributed by atoms with van der Waals surface area (Å²) in [6.45, 7) is 13.8. The van der Waals surface area contributed by atoms with Crippen molar-refractivity contribution in [3.05, 3.63) is 29.8 Å². The predicted molar refractivity (Wildman–Crippen MR) is 117 cm³/mol. The lowest BCUT2D eigenvalue weighted by Gasteiger charge is -2.21. The number of carbonyl (C=O) groups excluding carboxylic acids is 2. The molecule has 3 amide bonds. The van der Waals surface area contributed by atoms with Crippen LogP contribution in [0.25, 0.3) is 11.4 Å². The molecule has 0 aliphatic heterocycles. The number of hydrogen-bond acceptors (Lipinski definition) is 5. The zero-order valence-electron chi connectivity index (χ0n) is 18.5. The van der Waals surface area contributed by atoms with Crippen LogP contribution in [0.1, 0.15) is 54.0 Å². The van der Waals surface area contributed by atoms with Crippen LogP contribution in [0, 0.1) is 0 Å². The lowest BCUT2D eigenvalue weighted by atomic mass is 9.87. The van der Waals surface area contributed by atoms with E-state index in [2.05, 4.69) is 53.7 Å². The van der Waals surface area contributed by atoms with Crippen molar-refractivity contribution in [2.75, 3.05) is 0 Å². The van der Waals surface area contributed by atoms with E-state index in [1.807, 2.05) is 44.5 Å². The third kappa shape index (κ3) is 6.32. The van der Waals surface area contributed by atoms with Crippen LogP contribution in [-0.4, -0.2) is 37.5 Å². The highest BCUT2D eigenvalue weighted by Gasteiger charge is 2.23. The molecule has 0 saturated carbocycles. The molecule has 0 aliphatic rings. The molecule has 0 unspecified atom stereocenters. The Labute approximate surface area is 177 Å². The van der Waals surface area contributed by atoms with Crippen molar-refractivity contribution in [3.8, 4) is 11.4 Å². The summed E-state index contributed by atoms with van der Waals surface area (Å²) in [5.74, 6) is 0.349. The molecule has 7 nitrogen and oxygen atoms in total. The molecule has 1 aromatic heterocycles. The molecule has 0 aliphatic carbocycles. The lowest BCUT2D eigenvalue weighted by molar-refractivity contribution is -0.119. The van der Waals surface area contributed by atoms with E-state index in [0.29, 0.717) is 5.16 Å². The summed E-state index contributed by atoms with van der Waals surface area (Å²) in [5, 5.41) is 13.7. The Hall–Kier alpha value is -2.35. The third-order valence-electron chi connectivity index (χ3n) is 4.22. The molecule has 1 aromatic carbocycles. The van der Waals surface area contributed by atoms with Crippen molar-refractivity contribution in [2.24, 2.45) is 7.05 Å². The van der Waals surface area contributed by atoms with Crippen LogP contribution in [0.15, 0.2) is 29.4 Å². The zero-order chi connectivity index (χ0) is 22.0. The van der Waals surface area contributed by atoms with Crippen LogP contribution in [0.5, 0.6) is 0 Å². The van der Waals surface area contributed by atoms with Crippen molar-refractivity contribution in [3.63, 3.8) is 0 Å². The van der Waals surface area contributed by atoms with Crippen LogP contribution in [0.3, 0.4) is 0 Å². The van der Waals surface area contributed by atoms with Gasteiger partial charge in [0.2, 0.25) is 5.91 Å². The van der Waals surface area contributed by atoms with Gasteiger partial charge in [-0.2, -0.15) is 0 Å². The number of imide groups is 1. The van der Waals surface area contributed by atoms with E-state index in [4.69, 9.17) is 0 Å². The molecule has 158 valence electrons. The Morgan fingerprint density at radius 1 is 1.03 bits per heavy atom. The Balaban J connectivity index is 2.07. The van der Waals surface area contributed by atoms with E-state index in [1.54, 1.807) is 6.92 Å². The maximum Gasteiger partial charge on any atom is 0.321 e. The molecule has 0 fully saturated rings. The van der Waals surface area contributed by atoms with Crippen LogP contribution in [-0.2, 0) is 17.3 Å². The van der Waals surface area contributed by atoms with E-state index < -0.39 is 16.8 Å². The van der Waals surface area contributed by atoms with Gasteiger partial charge in [-0.25, -0.2) is 4.79 Å². The maximum absolute atomic E-state index is 12.3. The number of thioether (sulfide) groups is 1. The van der Waals surface area contributed by atoms with E-state index in [0.717, 1.165) is 11.4 Å². The van der Waals surface area contributed by atoms with E-state index in [9.17, 15) is 9.59 Å². The molecule has 0 saturated heterocycles. The second kappa shape index (κ2) is 8.57. The molecule has 0 spiro atoms. The van der Waals surface area contributed by atoms with Crippen LogP contribution < -0.4 is 10.6 Å². The average molecular weight is 418 g/mol. The van der Waals surface area contributed by atoms with Gasteiger partial charge in [0, 0.05) is 18.2 Å². The van der Waals surface area contributed by atoms with Crippen LogP contribution >= 0.6 is 11.8 Å². The highest BCUT2D eigenvalue weighted by molar-refractivity contribution is 8.00. The summed E-state index contributed by atoms with van der Waals surface area (Å²) in [5.41, 5.74) is 1.88. The number of amides is 3. The lowest BCUT2D eigenvalue weighted by Crippen LogP contribution is -2.49. The average Bonchev–Trinajstić information content (AvgIpc) is 2.93. The monoisotopic (exact) mass is 417 g/mol. The largest absolute Gasteiger partial charge is 0.333 e. The molecular formula is C21H31N5O2S. The third-order valence-corrected chi connectivity index (χ3v) is 5.35. The Morgan fingerprint density at radius 3 is 2.14 bits per heavy atom. The number of urea groups is 1. The number of rotatable bonds is 4. The van der Waals surface area contributed by atoms with Gasteiger partial charge in [0.1, 0.15) is 0 Å². The first kappa shape index (κ1) is 22.9.